The molecule has 3 N–H and O–H groups in total. The van der Waals surface area contributed by atoms with E-state index >= 15 is 0 Å². The molecule has 0 amide bonds. The van der Waals surface area contributed by atoms with Crippen LogP contribution in [-0.4, -0.2) is 38.1 Å². The van der Waals surface area contributed by atoms with Crippen molar-refractivity contribution in [3.05, 3.63) is 29.6 Å². The van der Waals surface area contributed by atoms with Gasteiger partial charge in [-0.2, -0.15) is 12.6 Å². The van der Waals surface area contributed by atoms with E-state index in [1.807, 2.05) is 0 Å². The van der Waals surface area contributed by atoms with Gasteiger partial charge in [0.25, 0.3) is 0 Å². The lowest BCUT2D eigenvalue weighted by Gasteiger charge is -2.14. The summed E-state index contributed by atoms with van der Waals surface area (Å²) in [7, 11) is 0. The third-order valence-corrected chi connectivity index (χ3v) is 2.26. The van der Waals surface area contributed by atoms with Gasteiger partial charge in [0.1, 0.15) is 6.10 Å². The van der Waals surface area contributed by atoms with Gasteiger partial charge in [-0.25, -0.2) is 4.79 Å². The summed E-state index contributed by atoms with van der Waals surface area (Å²) < 4.78 is 0. The number of pyridine rings is 1. The Balaban J connectivity index is 2.84. The molecule has 0 radical (unpaired) electrons. The van der Waals surface area contributed by atoms with Crippen molar-refractivity contribution in [2.75, 3.05) is 5.75 Å². The highest BCUT2D eigenvalue weighted by Gasteiger charge is 2.18. The Labute approximate surface area is 91.8 Å². The maximum absolute atomic E-state index is 10.5. The molecule has 0 aliphatic rings. The van der Waals surface area contributed by atoms with Gasteiger partial charge in [0.05, 0.1) is 17.4 Å². The van der Waals surface area contributed by atoms with Crippen molar-refractivity contribution >= 4 is 18.6 Å². The van der Waals surface area contributed by atoms with Crippen LogP contribution in [0.3, 0.4) is 0 Å². The van der Waals surface area contributed by atoms with Crippen LogP contribution >= 0.6 is 12.6 Å². The third-order valence-electron chi connectivity index (χ3n) is 1.89. The number of carbonyl (C=O) groups is 1. The number of aromatic carboxylic acids is 1. The second-order valence-corrected chi connectivity index (χ2v) is 3.34. The highest BCUT2D eigenvalue weighted by atomic mass is 32.1. The highest BCUT2D eigenvalue weighted by molar-refractivity contribution is 7.80. The largest absolute Gasteiger partial charge is 0.478 e. The molecule has 0 spiro atoms. The molecule has 1 aromatic rings. The SMILES string of the molecule is O=C(O)c1ccc(C(O)C(O)CS)nc1. The summed E-state index contributed by atoms with van der Waals surface area (Å²) >= 11 is 3.83. The van der Waals surface area contributed by atoms with Gasteiger partial charge in [-0.3, -0.25) is 4.98 Å². The smallest absolute Gasteiger partial charge is 0.337 e. The molecule has 1 heterocycles. The number of aliphatic hydroxyl groups excluding tert-OH is 2. The Morgan fingerprint density at radius 2 is 2.13 bits per heavy atom. The summed E-state index contributed by atoms with van der Waals surface area (Å²) in [5, 5.41) is 27.4. The molecule has 0 aromatic carbocycles. The van der Waals surface area contributed by atoms with E-state index in [1.54, 1.807) is 0 Å². The van der Waals surface area contributed by atoms with Crippen molar-refractivity contribution in [2.45, 2.75) is 12.2 Å². The fourth-order valence-corrected chi connectivity index (χ4v) is 1.20. The van der Waals surface area contributed by atoms with E-state index in [1.165, 1.54) is 12.1 Å². The molecule has 1 aromatic heterocycles. The first kappa shape index (κ1) is 12.0. The normalized spacial score (nSPS) is 14.6. The lowest BCUT2D eigenvalue weighted by Crippen LogP contribution is -2.20. The van der Waals surface area contributed by atoms with Crippen molar-refractivity contribution in [1.82, 2.24) is 4.98 Å². The Bertz CT molecular complexity index is 340. The zero-order valence-electron chi connectivity index (χ0n) is 7.74. The van der Waals surface area contributed by atoms with E-state index in [9.17, 15) is 15.0 Å². The number of thiol groups is 1. The molecule has 15 heavy (non-hydrogen) atoms. The topological polar surface area (TPSA) is 90.7 Å². The molecule has 0 aliphatic heterocycles. The standard InChI is InChI=1S/C9H11NO4S/c11-7(4-15)8(12)6-2-1-5(3-10-6)9(13)14/h1-3,7-8,11-12,15H,4H2,(H,13,14). The predicted octanol–water partition coefficient (Wildman–Crippen LogP) is 0.104. The summed E-state index contributed by atoms with van der Waals surface area (Å²) in [5.41, 5.74) is 0.257. The summed E-state index contributed by atoms with van der Waals surface area (Å²) in [4.78, 5) is 14.3. The Hall–Kier alpha value is -1.11. The van der Waals surface area contributed by atoms with Crippen molar-refractivity contribution < 1.29 is 20.1 Å². The number of nitrogens with zero attached hydrogens (tertiary/aromatic N) is 1. The van der Waals surface area contributed by atoms with Gasteiger partial charge >= 0.3 is 5.97 Å². The van der Waals surface area contributed by atoms with Crippen molar-refractivity contribution in [2.24, 2.45) is 0 Å². The Morgan fingerprint density at radius 3 is 2.53 bits per heavy atom. The van der Waals surface area contributed by atoms with Crippen LogP contribution in [0.5, 0.6) is 0 Å². The Morgan fingerprint density at radius 1 is 1.47 bits per heavy atom. The molecular weight excluding hydrogens is 218 g/mol. The van der Waals surface area contributed by atoms with Crippen LogP contribution in [0.1, 0.15) is 22.2 Å². The van der Waals surface area contributed by atoms with Crippen LogP contribution in [0.25, 0.3) is 0 Å². The summed E-state index contributed by atoms with van der Waals surface area (Å²) in [5.74, 6) is -0.984. The first-order valence-electron chi connectivity index (χ1n) is 4.22. The van der Waals surface area contributed by atoms with E-state index < -0.39 is 18.2 Å². The molecule has 0 aliphatic carbocycles. The number of aromatic nitrogens is 1. The predicted molar refractivity (Wildman–Crippen MR) is 56.0 cm³/mol. The van der Waals surface area contributed by atoms with Gasteiger partial charge in [-0.1, -0.05) is 0 Å². The lowest BCUT2D eigenvalue weighted by molar-refractivity contribution is 0.0310. The number of hydrogen-bond acceptors (Lipinski definition) is 5. The van der Waals surface area contributed by atoms with E-state index in [4.69, 9.17) is 5.11 Å². The molecule has 2 unspecified atom stereocenters. The van der Waals surface area contributed by atoms with Crippen LogP contribution in [0, 0.1) is 0 Å². The minimum atomic E-state index is -1.15. The van der Waals surface area contributed by atoms with E-state index in [0.29, 0.717) is 0 Å². The van der Waals surface area contributed by atoms with Gasteiger partial charge < -0.3 is 15.3 Å². The van der Waals surface area contributed by atoms with Gasteiger partial charge in [-0.05, 0) is 12.1 Å². The maximum Gasteiger partial charge on any atom is 0.337 e. The van der Waals surface area contributed by atoms with Crippen LogP contribution in [0.2, 0.25) is 0 Å². The molecule has 0 fully saturated rings. The van der Waals surface area contributed by atoms with Gasteiger partial charge in [0, 0.05) is 11.9 Å². The molecular formula is C9H11NO4S. The number of carboxylic acids is 1. The van der Waals surface area contributed by atoms with Crippen molar-refractivity contribution in [3.8, 4) is 0 Å². The molecule has 0 saturated heterocycles. The number of hydrogen-bond donors (Lipinski definition) is 4. The second-order valence-electron chi connectivity index (χ2n) is 2.97. The molecule has 82 valence electrons. The maximum atomic E-state index is 10.5. The number of carboxylic acid groups (broad SMARTS) is 1. The van der Waals surface area contributed by atoms with E-state index in [0.717, 1.165) is 6.20 Å². The van der Waals surface area contributed by atoms with Crippen molar-refractivity contribution in [3.63, 3.8) is 0 Å². The average Bonchev–Trinajstić information content (AvgIpc) is 2.27. The molecule has 0 saturated carbocycles. The molecule has 2 atom stereocenters. The minimum absolute atomic E-state index is 0.0336. The van der Waals surface area contributed by atoms with Crippen molar-refractivity contribution in [1.29, 1.82) is 0 Å². The number of aliphatic hydroxyl groups is 2. The van der Waals surface area contributed by atoms with Crippen LogP contribution in [0.15, 0.2) is 18.3 Å². The fourth-order valence-electron chi connectivity index (χ4n) is 1.00. The van der Waals surface area contributed by atoms with Gasteiger partial charge in [-0.15, -0.1) is 0 Å². The monoisotopic (exact) mass is 229 g/mol. The number of rotatable bonds is 4. The molecule has 1 rings (SSSR count). The molecule has 0 bridgehead atoms. The van der Waals surface area contributed by atoms with E-state index in [2.05, 4.69) is 17.6 Å². The molecule has 6 heteroatoms. The zero-order chi connectivity index (χ0) is 11.4. The van der Waals surface area contributed by atoms with Crippen LogP contribution in [-0.2, 0) is 0 Å². The second kappa shape index (κ2) is 5.11. The fraction of sp³-hybridized carbons (Fsp3) is 0.333. The third kappa shape index (κ3) is 2.92. The van der Waals surface area contributed by atoms with Gasteiger partial charge in [0.2, 0.25) is 0 Å². The zero-order valence-corrected chi connectivity index (χ0v) is 8.63. The van der Waals surface area contributed by atoms with Gasteiger partial charge in [0.15, 0.2) is 0 Å². The summed E-state index contributed by atoms with van der Waals surface area (Å²) in [6.07, 6.45) is -1.03. The highest BCUT2D eigenvalue weighted by Crippen LogP contribution is 2.15. The van der Waals surface area contributed by atoms with E-state index in [-0.39, 0.29) is 17.0 Å². The average molecular weight is 229 g/mol. The van der Waals surface area contributed by atoms with Crippen LogP contribution < -0.4 is 0 Å². The minimum Gasteiger partial charge on any atom is -0.478 e. The lowest BCUT2D eigenvalue weighted by atomic mass is 10.1. The first-order valence-corrected chi connectivity index (χ1v) is 4.85. The summed E-state index contributed by atoms with van der Waals surface area (Å²) in [6, 6.07) is 2.68. The quantitative estimate of drug-likeness (QED) is 0.550. The summed E-state index contributed by atoms with van der Waals surface area (Å²) in [6.45, 7) is 0. The first-order chi connectivity index (χ1) is 7.06. The molecule has 5 nitrogen and oxygen atoms in total. The Kier molecular flexibility index (Phi) is 4.07. The van der Waals surface area contributed by atoms with Crippen LogP contribution in [0.4, 0.5) is 0 Å².